The van der Waals surface area contributed by atoms with Crippen LogP contribution >= 0.6 is 10.7 Å². The van der Waals surface area contributed by atoms with Crippen molar-refractivity contribution in [3.8, 4) is 0 Å². The zero-order chi connectivity index (χ0) is 14.9. The molecule has 0 bridgehead atoms. The Balaban J connectivity index is 2.39. The van der Waals surface area contributed by atoms with E-state index in [-0.39, 0.29) is 16.8 Å². The van der Waals surface area contributed by atoms with E-state index < -0.39 is 9.05 Å². The number of carbonyl (C=O) groups is 1. The number of aryl methyl sites for hydroxylation is 1. The molecular weight excluding hydrogens is 300 g/mol. The van der Waals surface area contributed by atoms with Crippen molar-refractivity contribution in [3.63, 3.8) is 0 Å². The molecule has 0 saturated carbocycles. The monoisotopic (exact) mass is 318 g/mol. The van der Waals surface area contributed by atoms with Crippen LogP contribution in [0.2, 0.25) is 0 Å². The van der Waals surface area contributed by atoms with Crippen LogP contribution < -0.4 is 0 Å². The van der Waals surface area contributed by atoms with Crippen LogP contribution in [0.25, 0.3) is 0 Å². The number of nitrogens with zero attached hydrogens (tertiary/aromatic N) is 2. The highest BCUT2D eigenvalue weighted by Gasteiger charge is 2.29. The van der Waals surface area contributed by atoms with Gasteiger partial charge in [-0.1, -0.05) is 6.92 Å². The van der Waals surface area contributed by atoms with Crippen LogP contribution in [0.15, 0.2) is 17.2 Å². The predicted molar refractivity (Wildman–Crippen MR) is 77.5 cm³/mol. The number of carbonyl (C=O) groups excluding carboxylic acids is 1. The maximum atomic E-state index is 12.6. The summed E-state index contributed by atoms with van der Waals surface area (Å²) in [5.41, 5.74) is 0.403. The lowest BCUT2D eigenvalue weighted by Crippen LogP contribution is -2.34. The Kier molecular flexibility index (Phi) is 4.44. The van der Waals surface area contributed by atoms with E-state index in [1.54, 1.807) is 9.47 Å². The molecule has 20 heavy (non-hydrogen) atoms. The van der Waals surface area contributed by atoms with Gasteiger partial charge < -0.3 is 9.47 Å². The molecule has 1 atom stereocenters. The van der Waals surface area contributed by atoms with Crippen molar-refractivity contribution < 1.29 is 13.2 Å². The van der Waals surface area contributed by atoms with Crippen LogP contribution in [-0.4, -0.2) is 36.4 Å². The fraction of sp³-hybridized carbons (Fsp3) is 0.615. The topological polar surface area (TPSA) is 59.4 Å². The van der Waals surface area contributed by atoms with Gasteiger partial charge in [-0.05, 0) is 32.3 Å². The van der Waals surface area contributed by atoms with Crippen LogP contribution in [0, 0.1) is 0 Å². The first-order valence-corrected chi connectivity index (χ1v) is 9.11. The van der Waals surface area contributed by atoms with Gasteiger partial charge >= 0.3 is 0 Å². The molecule has 7 heteroatoms. The van der Waals surface area contributed by atoms with Gasteiger partial charge in [0.1, 0.15) is 10.6 Å². The molecule has 0 spiro atoms. The van der Waals surface area contributed by atoms with E-state index in [1.807, 2.05) is 13.8 Å². The molecule has 1 aromatic rings. The standard InChI is InChI=1S/C13H19ClN2O3S/c1-3-6-15-9-11(20(14,18)19)8-12(15)13(17)16-7-4-5-10(16)2/h8-10H,3-7H2,1-2H3. The number of aromatic nitrogens is 1. The molecule has 112 valence electrons. The Hall–Kier alpha value is -1.01. The fourth-order valence-corrected chi connectivity index (χ4v) is 3.36. The van der Waals surface area contributed by atoms with Crippen molar-refractivity contribution in [2.24, 2.45) is 0 Å². The molecule has 1 amide bonds. The van der Waals surface area contributed by atoms with Gasteiger partial charge in [0.25, 0.3) is 15.0 Å². The third-order valence-electron chi connectivity index (χ3n) is 3.65. The maximum absolute atomic E-state index is 12.6. The van der Waals surface area contributed by atoms with Gasteiger partial charge in [-0.3, -0.25) is 4.79 Å². The van der Waals surface area contributed by atoms with Crippen LogP contribution in [0.1, 0.15) is 43.6 Å². The number of hydrogen-bond donors (Lipinski definition) is 0. The lowest BCUT2D eigenvalue weighted by Gasteiger charge is -2.22. The highest BCUT2D eigenvalue weighted by Crippen LogP contribution is 2.24. The summed E-state index contributed by atoms with van der Waals surface area (Å²) >= 11 is 0. The van der Waals surface area contributed by atoms with E-state index >= 15 is 0 Å². The highest BCUT2D eigenvalue weighted by molar-refractivity contribution is 8.13. The van der Waals surface area contributed by atoms with Crippen LogP contribution in [-0.2, 0) is 15.6 Å². The van der Waals surface area contributed by atoms with Crippen molar-refractivity contribution in [2.45, 2.75) is 50.6 Å². The summed E-state index contributed by atoms with van der Waals surface area (Å²) in [6.07, 6.45) is 4.23. The van der Waals surface area contributed by atoms with Crippen LogP contribution in [0.5, 0.6) is 0 Å². The third kappa shape index (κ3) is 3.01. The molecule has 0 radical (unpaired) electrons. The van der Waals surface area contributed by atoms with E-state index in [0.717, 1.165) is 25.8 Å². The third-order valence-corrected chi connectivity index (χ3v) is 4.97. The lowest BCUT2D eigenvalue weighted by molar-refractivity contribution is 0.0736. The van der Waals surface area contributed by atoms with Gasteiger partial charge in [-0.2, -0.15) is 0 Å². The molecule has 1 fully saturated rings. The molecule has 1 aliphatic heterocycles. The van der Waals surface area contributed by atoms with E-state index in [0.29, 0.717) is 12.2 Å². The molecular formula is C13H19ClN2O3S. The molecule has 1 unspecified atom stereocenters. The molecule has 2 heterocycles. The first-order valence-electron chi connectivity index (χ1n) is 6.80. The second-order valence-corrected chi connectivity index (χ2v) is 7.75. The van der Waals surface area contributed by atoms with E-state index in [4.69, 9.17) is 10.7 Å². The quantitative estimate of drug-likeness (QED) is 0.801. The number of halogens is 1. The van der Waals surface area contributed by atoms with Crippen molar-refractivity contribution >= 4 is 25.6 Å². The summed E-state index contributed by atoms with van der Waals surface area (Å²) in [5.74, 6) is -0.116. The zero-order valence-corrected chi connectivity index (χ0v) is 13.2. The van der Waals surface area contributed by atoms with E-state index in [9.17, 15) is 13.2 Å². The SMILES string of the molecule is CCCn1cc(S(=O)(=O)Cl)cc1C(=O)N1CCCC1C. The minimum atomic E-state index is -3.81. The Morgan fingerprint density at radius 2 is 2.20 bits per heavy atom. The molecule has 1 saturated heterocycles. The molecule has 1 aromatic heterocycles. The van der Waals surface area contributed by atoms with Crippen molar-refractivity contribution in [3.05, 3.63) is 18.0 Å². The number of amides is 1. The first-order chi connectivity index (χ1) is 9.34. The Morgan fingerprint density at radius 3 is 2.70 bits per heavy atom. The molecule has 0 N–H and O–H groups in total. The average Bonchev–Trinajstić information content (AvgIpc) is 2.94. The number of likely N-dealkylation sites (tertiary alicyclic amines) is 1. The number of hydrogen-bond acceptors (Lipinski definition) is 3. The van der Waals surface area contributed by atoms with Gasteiger partial charge in [0, 0.05) is 36.0 Å². The average molecular weight is 319 g/mol. The minimum absolute atomic E-state index is 0.0113. The summed E-state index contributed by atoms with van der Waals surface area (Å²) in [5, 5.41) is 0. The second kappa shape index (κ2) is 5.77. The van der Waals surface area contributed by atoms with E-state index in [1.165, 1.54) is 12.3 Å². The van der Waals surface area contributed by atoms with Gasteiger partial charge in [0.05, 0.1) is 0 Å². The van der Waals surface area contributed by atoms with E-state index in [2.05, 4.69) is 0 Å². The number of rotatable bonds is 4. The molecule has 2 rings (SSSR count). The smallest absolute Gasteiger partial charge is 0.270 e. The lowest BCUT2D eigenvalue weighted by atomic mass is 10.2. The van der Waals surface area contributed by atoms with Gasteiger partial charge in [0.15, 0.2) is 0 Å². The molecule has 1 aliphatic rings. The summed E-state index contributed by atoms with van der Waals surface area (Å²) in [7, 11) is 1.56. The van der Waals surface area contributed by atoms with Crippen molar-refractivity contribution in [1.29, 1.82) is 0 Å². The van der Waals surface area contributed by atoms with Crippen LogP contribution in [0.3, 0.4) is 0 Å². The maximum Gasteiger partial charge on any atom is 0.270 e. The first kappa shape index (κ1) is 15.4. The molecule has 0 aromatic carbocycles. The Labute approximate surface area is 123 Å². The largest absolute Gasteiger partial charge is 0.342 e. The summed E-state index contributed by atoms with van der Waals surface area (Å²) in [6.45, 7) is 5.30. The Bertz CT molecular complexity index is 609. The van der Waals surface area contributed by atoms with Gasteiger partial charge in [-0.25, -0.2) is 8.42 Å². The van der Waals surface area contributed by atoms with Gasteiger partial charge in [-0.15, -0.1) is 0 Å². The highest BCUT2D eigenvalue weighted by atomic mass is 35.7. The van der Waals surface area contributed by atoms with Crippen LogP contribution in [0.4, 0.5) is 0 Å². The van der Waals surface area contributed by atoms with Crippen molar-refractivity contribution in [2.75, 3.05) is 6.54 Å². The summed E-state index contributed by atoms with van der Waals surface area (Å²) in [6, 6.07) is 1.58. The second-order valence-electron chi connectivity index (χ2n) is 5.18. The normalized spacial score (nSPS) is 19.6. The predicted octanol–water partition coefficient (Wildman–Crippen LogP) is 2.45. The minimum Gasteiger partial charge on any atom is -0.342 e. The summed E-state index contributed by atoms with van der Waals surface area (Å²) < 4.78 is 24.6. The van der Waals surface area contributed by atoms with Crippen molar-refractivity contribution in [1.82, 2.24) is 9.47 Å². The Morgan fingerprint density at radius 1 is 1.50 bits per heavy atom. The molecule has 0 aliphatic carbocycles. The fourth-order valence-electron chi connectivity index (χ4n) is 2.60. The summed E-state index contributed by atoms with van der Waals surface area (Å²) in [4.78, 5) is 14.3. The van der Waals surface area contributed by atoms with Gasteiger partial charge in [0.2, 0.25) is 0 Å². The molecule has 5 nitrogen and oxygen atoms in total. The zero-order valence-electron chi connectivity index (χ0n) is 11.7.